The standard InChI is InChI=1S/C16H20FN3OS/c1-2-3-8-13(18)16-20-14(10-22-16)15(21)19-9-11-6-4-5-7-12(11)17/h4-7,10,13H,2-3,8-9,18H2,1H3,(H,19,21). The van der Waals surface area contributed by atoms with Gasteiger partial charge in [-0.3, -0.25) is 4.79 Å². The summed E-state index contributed by atoms with van der Waals surface area (Å²) in [6.45, 7) is 2.25. The second-order valence-corrected chi connectivity index (χ2v) is 5.98. The van der Waals surface area contributed by atoms with Crippen LogP contribution >= 0.6 is 11.3 Å². The van der Waals surface area contributed by atoms with Crippen molar-refractivity contribution in [3.63, 3.8) is 0 Å². The van der Waals surface area contributed by atoms with Crippen LogP contribution < -0.4 is 11.1 Å². The van der Waals surface area contributed by atoms with E-state index in [4.69, 9.17) is 5.73 Å². The lowest BCUT2D eigenvalue weighted by atomic mass is 10.1. The van der Waals surface area contributed by atoms with Gasteiger partial charge in [-0.2, -0.15) is 0 Å². The van der Waals surface area contributed by atoms with Gasteiger partial charge in [-0.15, -0.1) is 11.3 Å². The zero-order valence-corrected chi connectivity index (χ0v) is 13.3. The average molecular weight is 321 g/mol. The molecule has 22 heavy (non-hydrogen) atoms. The van der Waals surface area contributed by atoms with E-state index in [0.717, 1.165) is 24.3 Å². The van der Waals surface area contributed by atoms with Crippen molar-refractivity contribution in [1.29, 1.82) is 0 Å². The Morgan fingerprint density at radius 3 is 2.95 bits per heavy atom. The molecule has 0 aliphatic carbocycles. The lowest BCUT2D eigenvalue weighted by Crippen LogP contribution is -2.24. The Hall–Kier alpha value is -1.79. The maximum atomic E-state index is 13.5. The lowest BCUT2D eigenvalue weighted by molar-refractivity contribution is 0.0946. The van der Waals surface area contributed by atoms with Crippen LogP contribution in [-0.2, 0) is 6.54 Å². The number of thiazole rings is 1. The van der Waals surface area contributed by atoms with Crippen molar-refractivity contribution < 1.29 is 9.18 Å². The molecule has 1 aromatic heterocycles. The predicted octanol–water partition coefficient (Wildman–Crippen LogP) is 3.40. The average Bonchev–Trinajstić information content (AvgIpc) is 3.01. The normalized spacial score (nSPS) is 12.1. The first-order valence-electron chi connectivity index (χ1n) is 7.34. The third kappa shape index (κ3) is 4.35. The quantitative estimate of drug-likeness (QED) is 0.821. The maximum absolute atomic E-state index is 13.5. The Bertz CT molecular complexity index is 629. The summed E-state index contributed by atoms with van der Waals surface area (Å²) in [5, 5.41) is 5.14. The van der Waals surface area contributed by atoms with E-state index in [1.807, 2.05) is 0 Å². The van der Waals surface area contributed by atoms with Crippen molar-refractivity contribution >= 4 is 17.2 Å². The first-order chi connectivity index (χ1) is 10.6. The molecule has 1 unspecified atom stereocenters. The third-order valence-electron chi connectivity index (χ3n) is 3.34. The van der Waals surface area contributed by atoms with Crippen LogP contribution in [0.5, 0.6) is 0 Å². The van der Waals surface area contributed by atoms with E-state index in [2.05, 4.69) is 17.2 Å². The topological polar surface area (TPSA) is 68.0 Å². The summed E-state index contributed by atoms with van der Waals surface area (Å²) < 4.78 is 13.5. The molecular weight excluding hydrogens is 301 g/mol. The Morgan fingerprint density at radius 2 is 2.23 bits per heavy atom. The Balaban J connectivity index is 1.93. The number of nitrogens with two attached hydrogens (primary N) is 1. The Labute approximate surface area is 133 Å². The van der Waals surface area contributed by atoms with Gasteiger partial charge in [0, 0.05) is 17.5 Å². The number of aromatic nitrogens is 1. The molecule has 3 N–H and O–H groups in total. The molecule has 0 radical (unpaired) electrons. The van der Waals surface area contributed by atoms with Crippen LogP contribution in [0.25, 0.3) is 0 Å². The molecule has 0 saturated heterocycles. The summed E-state index contributed by atoms with van der Waals surface area (Å²) >= 11 is 1.39. The number of nitrogens with zero attached hydrogens (tertiary/aromatic N) is 1. The molecule has 1 amide bonds. The number of hydrogen-bond acceptors (Lipinski definition) is 4. The summed E-state index contributed by atoms with van der Waals surface area (Å²) in [5.74, 6) is -0.642. The molecule has 118 valence electrons. The molecule has 0 aliphatic heterocycles. The molecule has 1 heterocycles. The highest BCUT2D eigenvalue weighted by molar-refractivity contribution is 7.09. The molecule has 6 heteroatoms. The van der Waals surface area contributed by atoms with Crippen LogP contribution in [0.4, 0.5) is 4.39 Å². The van der Waals surface area contributed by atoms with Crippen molar-refractivity contribution in [2.24, 2.45) is 5.73 Å². The van der Waals surface area contributed by atoms with Crippen LogP contribution in [0.3, 0.4) is 0 Å². The predicted molar refractivity (Wildman–Crippen MR) is 86.1 cm³/mol. The number of halogens is 1. The van der Waals surface area contributed by atoms with Crippen molar-refractivity contribution in [3.05, 3.63) is 51.7 Å². The number of benzene rings is 1. The molecule has 4 nitrogen and oxygen atoms in total. The monoisotopic (exact) mass is 321 g/mol. The summed E-state index contributed by atoms with van der Waals surface area (Å²) in [6, 6.07) is 6.24. The number of amides is 1. The number of carbonyl (C=O) groups is 1. The summed E-state index contributed by atoms with van der Waals surface area (Å²) in [5.41, 5.74) is 6.83. The van der Waals surface area contributed by atoms with E-state index in [-0.39, 0.29) is 24.3 Å². The van der Waals surface area contributed by atoms with Gasteiger partial charge in [-0.05, 0) is 12.5 Å². The summed E-state index contributed by atoms with van der Waals surface area (Å²) in [4.78, 5) is 16.3. The second-order valence-electron chi connectivity index (χ2n) is 5.09. The number of rotatable bonds is 7. The minimum absolute atomic E-state index is 0.127. The van der Waals surface area contributed by atoms with Gasteiger partial charge in [0.1, 0.15) is 16.5 Å². The van der Waals surface area contributed by atoms with Gasteiger partial charge in [0.05, 0.1) is 6.04 Å². The first-order valence-corrected chi connectivity index (χ1v) is 8.22. The van der Waals surface area contributed by atoms with Crippen LogP contribution in [0.15, 0.2) is 29.6 Å². The van der Waals surface area contributed by atoms with Gasteiger partial charge >= 0.3 is 0 Å². The van der Waals surface area contributed by atoms with Crippen LogP contribution in [0.1, 0.15) is 53.3 Å². The minimum atomic E-state index is -0.330. The molecular formula is C16H20FN3OS. The maximum Gasteiger partial charge on any atom is 0.271 e. The fourth-order valence-electron chi connectivity index (χ4n) is 2.02. The van der Waals surface area contributed by atoms with E-state index < -0.39 is 0 Å². The number of hydrogen-bond donors (Lipinski definition) is 2. The second kappa shape index (κ2) is 8.00. The molecule has 0 bridgehead atoms. The Morgan fingerprint density at radius 1 is 1.45 bits per heavy atom. The first kappa shape index (κ1) is 16.6. The Kier molecular flexibility index (Phi) is 6.03. The highest BCUT2D eigenvalue weighted by atomic mass is 32.1. The van der Waals surface area contributed by atoms with Crippen molar-refractivity contribution in [2.45, 2.75) is 38.8 Å². The molecule has 0 spiro atoms. The largest absolute Gasteiger partial charge is 0.346 e. The molecule has 2 aromatic rings. The minimum Gasteiger partial charge on any atom is -0.346 e. The van der Waals surface area contributed by atoms with Gasteiger partial charge in [-0.1, -0.05) is 38.0 Å². The summed E-state index contributed by atoms with van der Waals surface area (Å²) in [6.07, 6.45) is 2.98. The smallest absolute Gasteiger partial charge is 0.271 e. The zero-order valence-electron chi connectivity index (χ0n) is 12.5. The van der Waals surface area contributed by atoms with Crippen molar-refractivity contribution in [2.75, 3.05) is 0 Å². The molecule has 1 atom stereocenters. The van der Waals surface area contributed by atoms with E-state index in [0.29, 0.717) is 11.3 Å². The van der Waals surface area contributed by atoms with Gasteiger partial charge in [0.15, 0.2) is 0 Å². The SMILES string of the molecule is CCCCC(N)c1nc(C(=O)NCc2ccccc2F)cs1. The lowest BCUT2D eigenvalue weighted by Gasteiger charge is -2.07. The van der Waals surface area contributed by atoms with Crippen LogP contribution in [-0.4, -0.2) is 10.9 Å². The molecule has 1 aromatic carbocycles. The number of carbonyl (C=O) groups excluding carboxylic acids is 1. The molecule has 0 saturated carbocycles. The fourth-order valence-corrected chi connectivity index (χ4v) is 2.85. The highest BCUT2D eigenvalue weighted by Crippen LogP contribution is 2.21. The van der Waals surface area contributed by atoms with E-state index in [1.54, 1.807) is 23.6 Å². The van der Waals surface area contributed by atoms with Crippen LogP contribution in [0.2, 0.25) is 0 Å². The van der Waals surface area contributed by atoms with E-state index in [1.165, 1.54) is 17.4 Å². The molecule has 0 aliphatic rings. The third-order valence-corrected chi connectivity index (χ3v) is 4.31. The van der Waals surface area contributed by atoms with Crippen LogP contribution in [0, 0.1) is 5.82 Å². The van der Waals surface area contributed by atoms with Gasteiger partial charge in [0.2, 0.25) is 0 Å². The van der Waals surface area contributed by atoms with Gasteiger partial charge in [0.25, 0.3) is 5.91 Å². The number of unbranched alkanes of at least 4 members (excludes halogenated alkanes) is 1. The fraction of sp³-hybridized carbons (Fsp3) is 0.375. The zero-order chi connectivity index (χ0) is 15.9. The van der Waals surface area contributed by atoms with E-state index in [9.17, 15) is 9.18 Å². The molecule has 2 rings (SSSR count). The highest BCUT2D eigenvalue weighted by Gasteiger charge is 2.15. The van der Waals surface area contributed by atoms with Gasteiger partial charge in [-0.25, -0.2) is 9.37 Å². The summed E-state index contributed by atoms with van der Waals surface area (Å²) in [7, 11) is 0. The van der Waals surface area contributed by atoms with Gasteiger partial charge < -0.3 is 11.1 Å². The molecule has 0 fully saturated rings. The van der Waals surface area contributed by atoms with Crippen molar-refractivity contribution in [1.82, 2.24) is 10.3 Å². The van der Waals surface area contributed by atoms with E-state index >= 15 is 0 Å². The van der Waals surface area contributed by atoms with Crippen molar-refractivity contribution in [3.8, 4) is 0 Å². The number of nitrogens with one attached hydrogen (secondary N) is 1.